The molecule has 0 bridgehead atoms. The van der Waals surface area contributed by atoms with Gasteiger partial charge in [0.25, 0.3) is 0 Å². The SMILES string of the molecule is CC1CCC(C)N(CC(=O)c2cccc(F)c2)C1. The third kappa shape index (κ3) is 3.16. The van der Waals surface area contributed by atoms with E-state index in [1.807, 2.05) is 0 Å². The van der Waals surface area contributed by atoms with Crippen LogP contribution in [0.15, 0.2) is 24.3 Å². The van der Waals surface area contributed by atoms with Crippen molar-refractivity contribution < 1.29 is 9.18 Å². The van der Waals surface area contributed by atoms with Gasteiger partial charge in [-0.2, -0.15) is 0 Å². The first-order chi connectivity index (χ1) is 8.56. The Morgan fingerprint density at radius 3 is 2.89 bits per heavy atom. The maximum atomic E-state index is 13.1. The summed E-state index contributed by atoms with van der Waals surface area (Å²) in [6.07, 6.45) is 2.36. The number of likely N-dealkylation sites (tertiary alicyclic amines) is 1. The fourth-order valence-corrected chi connectivity index (χ4v) is 2.54. The van der Waals surface area contributed by atoms with E-state index in [0.29, 0.717) is 24.1 Å². The van der Waals surface area contributed by atoms with Gasteiger partial charge >= 0.3 is 0 Å². The lowest BCUT2D eigenvalue weighted by Crippen LogP contribution is -2.43. The van der Waals surface area contributed by atoms with Gasteiger partial charge in [-0.05, 0) is 37.8 Å². The fraction of sp³-hybridized carbons (Fsp3) is 0.533. The summed E-state index contributed by atoms with van der Waals surface area (Å²) in [5.74, 6) is 0.304. The van der Waals surface area contributed by atoms with Gasteiger partial charge < -0.3 is 0 Å². The first-order valence-corrected chi connectivity index (χ1v) is 6.59. The number of benzene rings is 1. The van der Waals surface area contributed by atoms with Crippen LogP contribution in [0.1, 0.15) is 37.0 Å². The second-order valence-corrected chi connectivity index (χ2v) is 5.39. The number of piperidine rings is 1. The lowest BCUT2D eigenvalue weighted by atomic mass is 9.94. The summed E-state index contributed by atoms with van der Waals surface area (Å²) in [6, 6.07) is 6.40. The summed E-state index contributed by atoms with van der Waals surface area (Å²) in [6.45, 7) is 5.73. The number of carbonyl (C=O) groups excluding carboxylic acids is 1. The molecule has 1 aromatic carbocycles. The molecule has 2 rings (SSSR count). The number of hydrogen-bond acceptors (Lipinski definition) is 2. The first kappa shape index (κ1) is 13.2. The summed E-state index contributed by atoms with van der Waals surface area (Å²) in [5.41, 5.74) is 0.473. The summed E-state index contributed by atoms with van der Waals surface area (Å²) in [7, 11) is 0. The van der Waals surface area contributed by atoms with E-state index in [1.165, 1.54) is 18.6 Å². The second-order valence-electron chi connectivity index (χ2n) is 5.39. The van der Waals surface area contributed by atoms with Gasteiger partial charge in [0.15, 0.2) is 5.78 Å². The molecule has 0 N–H and O–H groups in total. The minimum atomic E-state index is -0.346. The van der Waals surface area contributed by atoms with Crippen molar-refractivity contribution in [3.05, 3.63) is 35.6 Å². The van der Waals surface area contributed by atoms with Gasteiger partial charge in [0.1, 0.15) is 5.82 Å². The molecule has 3 heteroatoms. The lowest BCUT2D eigenvalue weighted by molar-refractivity contribution is 0.0805. The monoisotopic (exact) mass is 249 g/mol. The second kappa shape index (κ2) is 5.61. The molecule has 0 aliphatic carbocycles. The van der Waals surface area contributed by atoms with Crippen LogP contribution in [0.5, 0.6) is 0 Å². The minimum absolute atomic E-state index is 0.00968. The molecule has 1 aromatic rings. The molecule has 0 saturated carbocycles. The summed E-state index contributed by atoms with van der Waals surface area (Å²) < 4.78 is 13.1. The highest BCUT2D eigenvalue weighted by atomic mass is 19.1. The fourth-order valence-electron chi connectivity index (χ4n) is 2.54. The molecular weight excluding hydrogens is 229 g/mol. The van der Waals surface area contributed by atoms with Crippen LogP contribution >= 0.6 is 0 Å². The summed E-state index contributed by atoms with van der Waals surface area (Å²) >= 11 is 0. The molecule has 0 radical (unpaired) electrons. The third-order valence-corrected chi connectivity index (χ3v) is 3.74. The van der Waals surface area contributed by atoms with E-state index in [2.05, 4.69) is 18.7 Å². The van der Waals surface area contributed by atoms with Gasteiger partial charge in [-0.1, -0.05) is 19.1 Å². The number of halogens is 1. The molecule has 1 saturated heterocycles. The van der Waals surface area contributed by atoms with Crippen molar-refractivity contribution in [1.29, 1.82) is 0 Å². The number of rotatable bonds is 3. The van der Waals surface area contributed by atoms with Gasteiger partial charge in [0.05, 0.1) is 6.54 Å². The molecule has 1 aliphatic rings. The Kier molecular flexibility index (Phi) is 4.12. The lowest BCUT2D eigenvalue weighted by Gasteiger charge is -2.36. The standard InChI is InChI=1S/C15H20FNO/c1-11-6-7-12(2)17(9-11)10-15(18)13-4-3-5-14(16)8-13/h3-5,8,11-12H,6-7,9-10H2,1-2H3. The molecular formula is C15H20FNO. The predicted molar refractivity (Wildman–Crippen MR) is 70.2 cm³/mol. The molecule has 0 spiro atoms. The van der Waals surface area contributed by atoms with Crippen molar-refractivity contribution in [3.8, 4) is 0 Å². The maximum Gasteiger partial charge on any atom is 0.176 e. The van der Waals surface area contributed by atoms with Crippen LogP contribution in [-0.4, -0.2) is 29.8 Å². The van der Waals surface area contributed by atoms with Crippen LogP contribution in [0.25, 0.3) is 0 Å². The zero-order valence-corrected chi connectivity index (χ0v) is 11.0. The Bertz CT molecular complexity index is 432. The van der Waals surface area contributed by atoms with Gasteiger partial charge in [-0.15, -0.1) is 0 Å². The zero-order chi connectivity index (χ0) is 13.1. The van der Waals surface area contributed by atoms with Crippen molar-refractivity contribution in [1.82, 2.24) is 4.90 Å². The molecule has 1 aliphatic heterocycles. The van der Waals surface area contributed by atoms with Crippen LogP contribution < -0.4 is 0 Å². The van der Waals surface area contributed by atoms with E-state index in [1.54, 1.807) is 12.1 Å². The highest BCUT2D eigenvalue weighted by Crippen LogP contribution is 2.21. The third-order valence-electron chi connectivity index (χ3n) is 3.74. The maximum absolute atomic E-state index is 13.1. The van der Waals surface area contributed by atoms with Crippen LogP contribution in [0.2, 0.25) is 0 Å². The van der Waals surface area contributed by atoms with Crippen LogP contribution in [0.3, 0.4) is 0 Å². The van der Waals surface area contributed by atoms with E-state index in [9.17, 15) is 9.18 Å². The number of hydrogen-bond donors (Lipinski definition) is 0. The van der Waals surface area contributed by atoms with Crippen molar-refractivity contribution in [2.24, 2.45) is 5.92 Å². The molecule has 18 heavy (non-hydrogen) atoms. The predicted octanol–water partition coefficient (Wildman–Crippen LogP) is 3.13. The highest BCUT2D eigenvalue weighted by molar-refractivity contribution is 5.97. The Morgan fingerprint density at radius 1 is 1.39 bits per heavy atom. The zero-order valence-electron chi connectivity index (χ0n) is 11.0. The van der Waals surface area contributed by atoms with Crippen LogP contribution in [0.4, 0.5) is 4.39 Å². The number of Topliss-reactive ketones (excluding diaryl/α,β-unsaturated/α-hetero) is 1. The molecule has 0 amide bonds. The van der Waals surface area contributed by atoms with Gasteiger partial charge in [0.2, 0.25) is 0 Å². The van der Waals surface area contributed by atoms with Crippen molar-refractivity contribution in [2.45, 2.75) is 32.7 Å². The normalized spacial score (nSPS) is 25.1. The van der Waals surface area contributed by atoms with E-state index in [4.69, 9.17) is 0 Å². The van der Waals surface area contributed by atoms with Crippen molar-refractivity contribution in [2.75, 3.05) is 13.1 Å². The van der Waals surface area contributed by atoms with E-state index in [0.717, 1.165) is 13.0 Å². The number of ketones is 1. The summed E-state index contributed by atoms with van der Waals surface area (Å²) in [5, 5.41) is 0. The average Bonchev–Trinajstić information content (AvgIpc) is 2.34. The van der Waals surface area contributed by atoms with Crippen molar-refractivity contribution >= 4 is 5.78 Å². The topological polar surface area (TPSA) is 20.3 Å². The molecule has 1 fully saturated rings. The molecule has 2 unspecified atom stereocenters. The van der Waals surface area contributed by atoms with Crippen LogP contribution in [-0.2, 0) is 0 Å². The Hall–Kier alpha value is -1.22. The molecule has 2 nitrogen and oxygen atoms in total. The van der Waals surface area contributed by atoms with Crippen LogP contribution in [0, 0.1) is 11.7 Å². The van der Waals surface area contributed by atoms with Crippen molar-refractivity contribution in [3.63, 3.8) is 0 Å². The molecule has 2 atom stereocenters. The number of carbonyl (C=O) groups is 1. The van der Waals surface area contributed by atoms with Gasteiger partial charge in [-0.25, -0.2) is 4.39 Å². The van der Waals surface area contributed by atoms with E-state index < -0.39 is 0 Å². The molecule has 0 aromatic heterocycles. The Balaban J connectivity index is 2.02. The van der Waals surface area contributed by atoms with Gasteiger partial charge in [-0.3, -0.25) is 9.69 Å². The Morgan fingerprint density at radius 2 is 2.17 bits per heavy atom. The summed E-state index contributed by atoms with van der Waals surface area (Å²) in [4.78, 5) is 14.3. The highest BCUT2D eigenvalue weighted by Gasteiger charge is 2.24. The minimum Gasteiger partial charge on any atom is -0.293 e. The molecule has 98 valence electrons. The quantitative estimate of drug-likeness (QED) is 0.767. The molecule has 1 heterocycles. The van der Waals surface area contributed by atoms with E-state index in [-0.39, 0.29) is 11.6 Å². The smallest absolute Gasteiger partial charge is 0.176 e. The van der Waals surface area contributed by atoms with Gasteiger partial charge in [0, 0.05) is 18.2 Å². The van der Waals surface area contributed by atoms with E-state index >= 15 is 0 Å². The number of nitrogens with zero attached hydrogens (tertiary/aromatic N) is 1. The largest absolute Gasteiger partial charge is 0.293 e. The Labute approximate surface area is 108 Å². The average molecular weight is 249 g/mol. The first-order valence-electron chi connectivity index (χ1n) is 6.59.